The van der Waals surface area contributed by atoms with Crippen molar-refractivity contribution < 1.29 is 13.9 Å². The van der Waals surface area contributed by atoms with E-state index in [1.165, 1.54) is 25.4 Å². The van der Waals surface area contributed by atoms with Crippen molar-refractivity contribution in [3.63, 3.8) is 0 Å². The summed E-state index contributed by atoms with van der Waals surface area (Å²) in [7, 11) is 1.28. The molecule has 0 saturated carbocycles. The Kier molecular flexibility index (Phi) is 1.92. The number of aromatic nitrogens is 2. The van der Waals surface area contributed by atoms with Crippen molar-refractivity contribution in [2.24, 2.45) is 0 Å². The van der Waals surface area contributed by atoms with Gasteiger partial charge in [0.25, 0.3) is 0 Å². The molecule has 72 valence electrons. The molecule has 0 saturated heterocycles. The summed E-state index contributed by atoms with van der Waals surface area (Å²) in [4.78, 5) is 11.3. The first-order valence-corrected chi connectivity index (χ1v) is 3.94. The van der Waals surface area contributed by atoms with E-state index in [0.717, 1.165) is 4.52 Å². The molecule has 0 aliphatic heterocycles. The molecule has 5 heteroatoms. The number of halogens is 1. The highest BCUT2D eigenvalue weighted by atomic mass is 19.1. The maximum Gasteiger partial charge on any atom is 0.340 e. The number of esters is 1. The van der Waals surface area contributed by atoms with Gasteiger partial charge in [-0.15, -0.1) is 0 Å². The molecule has 0 unspecified atom stereocenters. The first-order valence-electron chi connectivity index (χ1n) is 3.94. The molecular weight excluding hydrogens is 187 g/mol. The van der Waals surface area contributed by atoms with Gasteiger partial charge in [0.2, 0.25) is 5.95 Å². The van der Waals surface area contributed by atoms with Crippen LogP contribution in [-0.2, 0) is 4.74 Å². The first kappa shape index (κ1) is 8.68. The summed E-state index contributed by atoms with van der Waals surface area (Å²) in [6.45, 7) is 0. The predicted molar refractivity (Wildman–Crippen MR) is 46.5 cm³/mol. The molecular formula is C9H7FN2O2. The van der Waals surface area contributed by atoms with Crippen LogP contribution in [0.15, 0.2) is 24.4 Å². The normalized spacial score (nSPS) is 10.4. The molecule has 0 aromatic carbocycles. The molecule has 14 heavy (non-hydrogen) atoms. The van der Waals surface area contributed by atoms with E-state index in [1.54, 1.807) is 6.07 Å². The Hall–Kier alpha value is -1.91. The van der Waals surface area contributed by atoms with Gasteiger partial charge in [0.15, 0.2) is 0 Å². The maximum absolute atomic E-state index is 13.1. The number of pyridine rings is 1. The molecule has 0 aliphatic carbocycles. The summed E-state index contributed by atoms with van der Waals surface area (Å²) < 4.78 is 18.7. The van der Waals surface area contributed by atoms with E-state index in [4.69, 9.17) is 0 Å². The summed E-state index contributed by atoms with van der Waals surface area (Å²) in [5.41, 5.74) is 0.697. The standard InChI is InChI=1S/C9H7FN2O2/c1-14-9(13)6-2-3-8(10)12-7(6)4-5-11-12/h2-5H,1H3. The average Bonchev–Trinajstić information content (AvgIpc) is 2.67. The van der Waals surface area contributed by atoms with E-state index in [-0.39, 0.29) is 0 Å². The lowest BCUT2D eigenvalue weighted by Crippen LogP contribution is -2.05. The fourth-order valence-corrected chi connectivity index (χ4v) is 1.27. The third-order valence-electron chi connectivity index (χ3n) is 1.91. The zero-order valence-corrected chi connectivity index (χ0v) is 7.40. The zero-order valence-electron chi connectivity index (χ0n) is 7.40. The van der Waals surface area contributed by atoms with E-state index in [2.05, 4.69) is 9.84 Å². The highest BCUT2D eigenvalue weighted by Crippen LogP contribution is 2.13. The summed E-state index contributed by atoms with van der Waals surface area (Å²) in [6.07, 6.45) is 1.42. The van der Waals surface area contributed by atoms with E-state index in [9.17, 15) is 9.18 Å². The molecule has 0 atom stereocenters. The molecule has 0 fully saturated rings. The van der Waals surface area contributed by atoms with Crippen molar-refractivity contribution in [3.8, 4) is 0 Å². The predicted octanol–water partition coefficient (Wildman–Crippen LogP) is 1.26. The van der Waals surface area contributed by atoms with Gasteiger partial charge < -0.3 is 4.74 Å². The van der Waals surface area contributed by atoms with Crippen LogP contribution in [-0.4, -0.2) is 22.7 Å². The maximum atomic E-state index is 13.1. The number of rotatable bonds is 1. The number of ether oxygens (including phenoxy) is 1. The average molecular weight is 194 g/mol. The zero-order chi connectivity index (χ0) is 10.1. The quantitative estimate of drug-likeness (QED) is 0.507. The lowest BCUT2D eigenvalue weighted by Gasteiger charge is -2.01. The van der Waals surface area contributed by atoms with Crippen LogP contribution in [0.1, 0.15) is 10.4 Å². The third kappa shape index (κ3) is 1.14. The Morgan fingerprint density at radius 2 is 2.29 bits per heavy atom. The topological polar surface area (TPSA) is 43.6 Å². The Balaban J connectivity index is 2.72. The number of carbonyl (C=O) groups excluding carboxylic acids is 1. The van der Waals surface area contributed by atoms with Gasteiger partial charge in [-0.05, 0) is 18.2 Å². The third-order valence-corrected chi connectivity index (χ3v) is 1.91. The number of hydrogen-bond donors (Lipinski definition) is 0. The minimum atomic E-state index is -0.516. The lowest BCUT2D eigenvalue weighted by molar-refractivity contribution is 0.0602. The monoisotopic (exact) mass is 194 g/mol. The molecule has 2 rings (SSSR count). The van der Waals surface area contributed by atoms with Crippen molar-refractivity contribution in [1.82, 2.24) is 9.61 Å². The van der Waals surface area contributed by atoms with Crippen LogP contribution >= 0.6 is 0 Å². The SMILES string of the molecule is COC(=O)c1ccc(F)n2nccc12. The summed E-state index contributed by atoms with van der Waals surface area (Å²) in [5.74, 6) is -1.02. The van der Waals surface area contributed by atoms with Crippen LogP contribution < -0.4 is 0 Å². The van der Waals surface area contributed by atoms with Crippen molar-refractivity contribution in [1.29, 1.82) is 0 Å². The van der Waals surface area contributed by atoms with Gasteiger partial charge in [-0.1, -0.05) is 0 Å². The summed E-state index contributed by atoms with van der Waals surface area (Å²) in [6, 6.07) is 4.10. The number of carbonyl (C=O) groups is 1. The van der Waals surface area contributed by atoms with Gasteiger partial charge in [-0.25, -0.2) is 9.31 Å². The van der Waals surface area contributed by atoms with Gasteiger partial charge in [-0.3, -0.25) is 0 Å². The molecule has 4 nitrogen and oxygen atoms in total. The first-order chi connectivity index (χ1) is 6.74. The largest absolute Gasteiger partial charge is 0.465 e. The fraction of sp³-hybridized carbons (Fsp3) is 0.111. The molecule has 0 aliphatic rings. The van der Waals surface area contributed by atoms with E-state index in [1.807, 2.05) is 0 Å². The Bertz CT molecular complexity index is 493. The van der Waals surface area contributed by atoms with Crippen LogP contribution in [0.25, 0.3) is 5.52 Å². The van der Waals surface area contributed by atoms with E-state index >= 15 is 0 Å². The second-order valence-electron chi connectivity index (χ2n) is 2.69. The Labute approximate surface area is 78.9 Å². The highest BCUT2D eigenvalue weighted by molar-refractivity contribution is 5.96. The molecule has 0 N–H and O–H groups in total. The van der Waals surface area contributed by atoms with Crippen molar-refractivity contribution in [3.05, 3.63) is 35.9 Å². The van der Waals surface area contributed by atoms with Gasteiger partial charge >= 0.3 is 5.97 Å². The van der Waals surface area contributed by atoms with Gasteiger partial charge in [-0.2, -0.15) is 9.49 Å². The van der Waals surface area contributed by atoms with Crippen LogP contribution in [0.3, 0.4) is 0 Å². The number of hydrogen-bond acceptors (Lipinski definition) is 3. The molecule has 2 heterocycles. The van der Waals surface area contributed by atoms with E-state index < -0.39 is 11.9 Å². The minimum absolute atomic E-state index is 0.298. The molecule has 0 radical (unpaired) electrons. The molecule has 2 aromatic heterocycles. The van der Waals surface area contributed by atoms with Crippen LogP contribution in [0.2, 0.25) is 0 Å². The number of methoxy groups -OCH3 is 1. The lowest BCUT2D eigenvalue weighted by atomic mass is 10.2. The van der Waals surface area contributed by atoms with Crippen LogP contribution in [0, 0.1) is 5.95 Å². The van der Waals surface area contributed by atoms with Gasteiger partial charge in [0.05, 0.1) is 24.4 Å². The highest BCUT2D eigenvalue weighted by Gasteiger charge is 2.12. The Morgan fingerprint density at radius 3 is 3.00 bits per heavy atom. The van der Waals surface area contributed by atoms with Gasteiger partial charge in [0, 0.05) is 0 Å². The Morgan fingerprint density at radius 1 is 1.50 bits per heavy atom. The molecule has 0 bridgehead atoms. The number of fused-ring (bicyclic) bond motifs is 1. The van der Waals surface area contributed by atoms with Crippen molar-refractivity contribution in [2.75, 3.05) is 7.11 Å². The summed E-state index contributed by atoms with van der Waals surface area (Å²) >= 11 is 0. The molecule has 2 aromatic rings. The minimum Gasteiger partial charge on any atom is -0.465 e. The van der Waals surface area contributed by atoms with Crippen molar-refractivity contribution in [2.45, 2.75) is 0 Å². The molecule has 0 amide bonds. The second kappa shape index (κ2) is 3.10. The van der Waals surface area contributed by atoms with Crippen LogP contribution in [0.4, 0.5) is 4.39 Å². The van der Waals surface area contributed by atoms with Crippen molar-refractivity contribution >= 4 is 11.5 Å². The number of nitrogens with zero attached hydrogens (tertiary/aromatic N) is 2. The summed E-state index contributed by atoms with van der Waals surface area (Å²) in [5, 5.41) is 3.73. The smallest absolute Gasteiger partial charge is 0.340 e. The van der Waals surface area contributed by atoms with E-state index in [0.29, 0.717) is 11.1 Å². The van der Waals surface area contributed by atoms with Crippen LogP contribution in [0.5, 0.6) is 0 Å². The van der Waals surface area contributed by atoms with Gasteiger partial charge in [0.1, 0.15) is 0 Å². The second-order valence-corrected chi connectivity index (χ2v) is 2.69. The molecule has 0 spiro atoms. The fourth-order valence-electron chi connectivity index (χ4n) is 1.27.